The van der Waals surface area contributed by atoms with Crippen molar-refractivity contribution in [2.24, 2.45) is 5.73 Å². The molecule has 12 nitrogen and oxygen atoms in total. The summed E-state index contributed by atoms with van der Waals surface area (Å²) in [7, 11) is 0. The van der Waals surface area contributed by atoms with Crippen LogP contribution in [0.25, 0.3) is 11.2 Å². The van der Waals surface area contributed by atoms with E-state index in [2.05, 4.69) is 9.97 Å². The van der Waals surface area contributed by atoms with Crippen molar-refractivity contribution in [3.8, 4) is 0 Å². The fraction of sp³-hybridized carbons (Fsp3) is 0.417. The molecule has 2 saturated heterocycles. The van der Waals surface area contributed by atoms with E-state index in [0.717, 1.165) is 11.3 Å². The van der Waals surface area contributed by atoms with Gasteiger partial charge in [-0.1, -0.05) is 0 Å². The molecular weight excluding hydrogens is 466 g/mol. The quantitative estimate of drug-likeness (QED) is 0.529. The Morgan fingerprint density at radius 2 is 2.00 bits per heavy atom. The number of carbonyl (C=O) groups is 1. The van der Waals surface area contributed by atoms with Gasteiger partial charge in [0.2, 0.25) is 11.9 Å². The third-order valence-corrected chi connectivity index (χ3v) is 6.60. The van der Waals surface area contributed by atoms with E-state index in [0.29, 0.717) is 74.6 Å². The molecule has 3 aromatic heterocycles. The summed E-state index contributed by atoms with van der Waals surface area (Å²) in [5.41, 5.74) is 9.04. The summed E-state index contributed by atoms with van der Waals surface area (Å²) in [5.74, 6) is -0.0725. The number of aliphatic hydroxyl groups is 1. The van der Waals surface area contributed by atoms with E-state index >= 15 is 0 Å². The van der Waals surface area contributed by atoms with E-state index in [1.165, 1.54) is 6.26 Å². The molecule has 6 rings (SSSR count). The molecule has 2 atom stereocenters. The van der Waals surface area contributed by atoms with E-state index < -0.39 is 18.2 Å². The van der Waals surface area contributed by atoms with Crippen LogP contribution in [-0.2, 0) is 14.3 Å². The molecule has 36 heavy (non-hydrogen) atoms. The summed E-state index contributed by atoms with van der Waals surface area (Å²) >= 11 is 0. The molecule has 0 aromatic carbocycles. The zero-order valence-electron chi connectivity index (χ0n) is 19.8. The molecule has 3 N–H and O–H groups in total. The fourth-order valence-electron chi connectivity index (χ4n) is 4.82. The first kappa shape index (κ1) is 22.6. The average Bonchev–Trinajstić information content (AvgIpc) is 3.61. The van der Waals surface area contributed by atoms with Crippen LogP contribution < -0.4 is 20.4 Å². The number of aromatic nitrogens is 3. The molecule has 0 aliphatic carbocycles. The normalized spacial score (nSPS) is 22.3. The smallest absolute Gasteiger partial charge is 0.300 e. The van der Waals surface area contributed by atoms with Crippen LogP contribution in [0.5, 0.6) is 0 Å². The lowest BCUT2D eigenvalue weighted by Gasteiger charge is -2.30. The summed E-state index contributed by atoms with van der Waals surface area (Å²) < 4.78 is 17.5. The highest BCUT2D eigenvalue weighted by atomic mass is 16.5. The predicted molar refractivity (Wildman–Crippen MR) is 130 cm³/mol. The minimum absolute atomic E-state index is 0.185. The minimum atomic E-state index is -0.665. The number of pyridine rings is 2. The van der Waals surface area contributed by atoms with Gasteiger partial charge in [-0.15, -0.1) is 0 Å². The standard InChI is InChI=1S/C24H27N7O5/c1-14-10-15(2-4-26-14)23-31(18(13-35-23)20(25)33)17-11-19-21(27-22(17)30-5-3-16(32)12-30)28-24(36-19)29-6-8-34-9-7-29/h2,4,10-11,13,16,23,32H,3,5-9,12H2,1H3,(H2,25,33). The summed E-state index contributed by atoms with van der Waals surface area (Å²) in [6, 6.07) is 6.01. The van der Waals surface area contributed by atoms with Crippen molar-refractivity contribution in [3.05, 3.63) is 47.6 Å². The first-order chi connectivity index (χ1) is 17.5. The summed E-state index contributed by atoms with van der Waals surface area (Å²) in [6.45, 7) is 5.43. The van der Waals surface area contributed by atoms with E-state index in [1.807, 2.05) is 34.9 Å². The van der Waals surface area contributed by atoms with Crippen LogP contribution in [0.3, 0.4) is 0 Å². The van der Waals surface area contributed by atoms with Gasteiger partial charge in [0, 0.05) is 49.7 Å². The van der Waals surface area contributed by atoms with Crippen LogP contribution in [-0.4, -0.2) is 71.5 Å². The number of hydrogen-bond acceptors (Lipinski definition) is 11. The Bertz CT molecular complexity index is 1340. The molecule has 0 spiro atoms. The number of ether oxygens (including phenoxy) is 2. The molecule has 12 heteroatoms. The Morgan fingerprint density at radius 3 is 2.72 bits per heavy atom. The van der Waals surface area contributed by atoms with E-state index in [4.69, 9.17) is 24.6 Å². The van der Waals surface area contributed by atoms with Crippen molar-refractivity contribution < 1.29 is 23.8 Å². The van der Waals surface area contributed by atoms with Crippen LogP contribution in [0.4, 0.5) is 17.5 Å². The molecule has 188 valence electrons. The van der Waals surface area contributed by atoms with Crippen LogP contribution in [0.1, 0.15) is 23.9 Å². The Kier molecular flexibility index (Phi) is 5.61. The van der Waals surface area contributed by atoms with E-state index in [9.17, 15) is 9.90 Å². The fourth-order valence-corrected chi connectivity index (χ4v) is 4.82. The third-order valence-electron chi connectivity index (χ3n) is 6.60. The van der Waals surface area contributed by atoms with Crippen LogP contribution in [0.2, 0.25) is 0 Å². The highest BCUT2D eigenvalue weighted by molar-refractivity contribution is 5.98. The number of morpholine rings is 1. The van der Waals surface area contributed by atoms with Crippen LogP contribution in [0.15, 0.2) is 40.8 Å². The van der Waals surface area contributed by atoms with Crippen molar-refractivity contribution in [3.63, 3.8) is 0 Å². The maximum absolute atomic E-state index is 12.5. The number of fused-ring (bicyclic) bond motifs is 1. The molecule has 2 fully saturated rings. The number of oxazole rings is 1. The molecule has 1 amide bonds. The molecule has 0 saturated carbocycles. The Hall–Kier alpha value is -3.90. The number of amides is 1. The minimum Gasteiger partial charge on any atom is -0.471 e. The number of aryl methyl sites for hydroxylation is 1. The van der Waals surface area contributed by atoms with Crippen LogP contribution >= 0.6 is 0 Å². The first-order valence-corrected chi connectivity index (χ1v) is 11.9. The highest BCUT2D eigenvalue weighted by Crippen LogP contribution is 2.43. The molecule has 0 bridgehead atoms. The number of primary amides is 1. The maximum atomic E-state index is 12.5. The molecule has 3 aliphatic rings. The number of rotatable bonds is 5. The largest absolute Gasteiger partial charge is 0.471 e. The molecule has 3 aromatic rings. The molecule has 0 radical (unpaired) electrons. The number of anilines is 3. The van der Waals surface area contributed by atoms with Gasteiger partial charge in [-0.05, 0) is 25.5 Å². The van der Waals surface area contributed by atoms with Gasteiger partial charge in [-0.3, -0.25) is 14.7 Å². The topological polar surface area (TPSA) is 143 Å². The summed E-state index contributed by atoms with van der Waals surface area (Å²) in [5, 5.41) is 10.3. The molecule has 3 aliphatic heterocycles. The number of nitrogens with two attached hydrogens (primary N) is 1. The molecule has 6 heterocycles. The van der Waals surface area contributed by atoms with Crippen molar-refractivity contribution in [1.29, 1.82) is 0 Å². The van der Waals surface area contributed by atoms with Gasteiger partial charge < -0.3 is 34.5 Å². The summed E-state index contributed by atoms with van der Waals surface area (Å²) in [6.07, 6.45) is 2.53. The van der Waals surface area contributed by atoms with Gasteiger partial charge in [0.05, 0.1) is 25.0 Å². The lowest BCUT2D eigenvalue weighted by molar-refractivity contribution is -0.114. The Balaban J connectivity index is 1.49. The lowest BCUT2D eigenvalue weighted by atomic mass is 10.1. The SMILES string of the molecule is Cc1cc(C2OC=C(C(N)=O)N2c2cc3oc(N4CCOCC4)nc3nc2N2CCC(O)C2)ccn1. The second kappa shape index (κ2) is 8.95. The van der Waals surface area contributed by atoms with Gasteiger partial charge in [-0.25, -0.2) is 4.98 Å². The zero-order chi connectivity index (χ0) is 24.8. The maximum Gasteiger partial charge on any atom is 0.300 e. The van der Waals surface area contributed by atoms with Gasteiger partial charge in [-0.2, -0.15) is 4.98 Å². The highest BCUT2D eigenvalue weighted by Gasteiger charge is 2.38. The number of carbonyl (C=O) groups excluding carboxylic acids is 1. The Labute approximate surface area is 206 Å². The van der Waals surface area contributed by atoms with Gasteiger partial charge >= 0.3 is 0 Å². The zero-order valence-corrected chi connectivity index (χ0v) is 19.8. The van der Waals surface area contributed by atoms with E-state index in [1.54, 1.807) is 11.1 Å². The van der Waals surface area contributed by atoms with Crippen molar-refractivity contribution in [2.75, 3.05) is 54.1 Å². The van der Waals surface area contributed by atoms with Crippen molar-refractivity contribution >= 4 is 34.7 Å². The average molecular weight is 494 g/mol. The molecular formula is C24H27N7O5. The van der Waals surface area contributed by atoms with Crippen molar-refractivity contribution in [1.82, 2.24) is 15.0 Å². The number of aliphatic hydroxyl groups excluding tert-OH is 1. The van der Waals surface area contributed by atoms with Gasteiger partial charge in [0.25, 0.3) is 11.9 Å². The monoisotopic (exact) mass is 493 g/mol. The van der Waals surface area contributed by atoms with Gasteiger partial charge in [0.1, 0.15) is 12.0 Å². The summed E-state index contributed by atoms with van der Waals surface area (Å²) in [4.78, 5) is 32.0. The second-order valence-corrected chi connectivity index (χ2v) is 9.09. The number of β-amino-alcohol motifs (C(OH)–C–C–N with tert-alkyl or cyclic N) is 1. The third kappa shape index (κ3) is 3.97. The Morgan fingerprint density at radius 1 is 1.17 bits per heavy atom. The van der Waals surface area contributed by atoms with Crippen LogP contribution in [0, 0.1) is 6.92 Å². The molecule has 2 unspecified atom stereocenters. The number of nitrogens with zero attached hydrogens (tertiary/aromatic N) is 6. The van der Waals surface area contributed by atoms with Gasteiger partial charge in [0.15, 0.2) is 11.4 Å². The van der Waals surface area contributed by atoms with E-state index in [-0.39, 0.29) is 5.70 Å². The number of hydrogen-bond donors (Lipinski definition) is 2. The first-order valence-electron chi connectivity index (χ1n) is 11.9. The lowest BCUT2D eigenvalue weighted by Crippen LogP contribution is -2.36. The second-order valence-electron chi connectivity index (χ2n) is 9.09. The van der Waals surface area contributed by atoms with Crippen molar-refractivity contribution in [2.45, 2.75) is 25.7 Å². The predicted octanol–water partition coefficient (Wildman–Crippen LogP) is 1.20.